The summed E-state index contributed by atoms with van der Waals surface area (Å²) in [7, 11) is 0. The highest BCUT2D eigenvalue weighted by Gasteiger charge is 2.09. The fourth-order valence-electron chi connectivity index (χ4n) is 2.51. The average Bonchev–Trinajstić information content (AvgIpc) is 2.59. The van der Waals surface area contributed by atoms with Gasteiger partial charge in [-0.25, -0.2) is 4.68 Å². The molecular formula is C18H17N3O2. The fourth-order valence-corrected chi connectivity index (χ4v) is 2.51. The van der Waals surface area contributed by atoms with E-state index in [-0.39, 0.29) is 17.9 Å². The Kier molecular flexibility index (Phi) is 4.57. The van der Waals surface area contributed by atoms with Gasteiger partial charge in [-0.2, -0.15) is 0 Å². The quantitative estimate of drug-likeness (QED) is 0.701. The summed E-state index contributed by atoms with van der Waals surface area (Å²) in [5, 5.41) is 8.32. The lowest BCUT2D eigenvalue weighted by Crippen LogP contribution is -2.27. The third-order valence-electron chi connectivity index (χ3n) is 3.72. The summed E-state index contributed by atoms with van der Waals surface area (Å²) < 4.78 is 1.15. The first-order chi connectivity index (χ1) is 11.2. The molecule has 0 aliphatic heterocycles. The van der Waals surface area contributed by atoms with E-state index >= 15 is 0 Å². The van der Waals surface area contributed by atoms with Crippen molar-refractivity contribution in [1.29, 1.82) is 0 Å². The van der Waals surface area contributed by atoms with Crippen LogP contribution in [-0.4, -0.2) is 20.8 Å². The van der Waals surface area contributed by atoms with Crippen LogP contribution in [0.3, 0.4) is 0 Å². The second kappa shape index (κ2) is 6.96. The van der Waals surface area contributed by atoms with Crippen molar-refractivity contribution >= 4 is 16.7 Å². The van der Waals surface area contributed by atoms with E-state index in [4.69, 9.17) is 0 Å². The Labute approximate surface area is 133 Å². The predicted octanol–water partition coefficient (Wildman–Crippen LogP) is 2.38. The molecule has 0 N–H and O–H groups in total. The first-order valence-corrected chi connectivity index (χ1v) is 7.62. The van der Waals surface area contributed by atoms with Gasteiger partial charge in [0.2, 0.25) is 0 Å². The van der Waals surface area contributed by atoms with Gasteiger partial charge in [-0.3, -0.25) is 9.59 Å². The first kappa shape index (κ1) is 15.1. The molecule has 5 nitrogen and oxygen atoms in total. The molecule has 0 spiro atoms. The van der Waals surface area contributed by atoms with Gasteiger partial charge >= 0.3 is 0 Å². The molecule has 2 aromatic carbocycles. The molecule has 23 heavy (non-hydrogen) atoms. The van der Waals surface area contributed by atoms with Crippen molar-refractivity contribution in [2.75, 3.05) is 0 Å². The molecule has 5 heteroatoms. The number of fused-ring (bicyclic) bond motifs is 1. The molecule has 0 aliphatic rings. The lowest BCUT2D eigenvalue weighted by atomic mass is 10.1. The molecule has 0 saturated carbocycles. The van der Waals surface area contributed by atoms with E-state index in [1.54, 1.807) is 24.3 Å². The van der Waals surface area contributed by atoms with Gasteiger partial charge in [-0.1, -0.05) is 47.7 Å². The molecule has 3 rings (SSSR count). The number of ketones is 1. The third kappa shape index (κ3) is 3.69. The molecule has 0 radical (unpaired) electrons. The zero-order valence-corrected chi connectivity index (χ0v) is 12.7. The Bertz CT molecular complexity index is 872. The van der Waals surface area contributed by atoms with Crippen LogP contribution in [0.15, 0.2) is 59.4 Å². The number of aryl methyl sites for hydroxylation is 1. The normalized spacial score (nSPS) is 10.8. The zero-order valence-electron chi connectivity index (χ0n) is 12.7. The Morgan fingerprint density at radius 1 is 1.00 bits per heavy atom. The number of nitrogens with zero attached hydrogens (tertiary/aromatic N) is 3. The molecule has 1 heterocycles. The Hall–Kier alpha value is -2.82. The van der Waals surface area contributed by atoms with Crippen molar-refractivity contribution in [1.82, 2.24) is 15.0 Å². The Morgan fingerprint density at radius 3 is 2.57 bits per heavy atom. The maximum Gasteiger partial charge on any atom is 0.278 e. The maximum absolute atomic E-state index is 12.3. The van der Waals surface area contributed by atoms with Crippen LogP contribution in [-0.2, 0) is 17.8 Å². The minimum absolute atomic E-state index is 0.00684. The second-order valence-electron chi connectivity index (χ2n) is 5.45. The minimum Gasteiger partial charge on any atom is -0.298 e. The van der Waals surface area contributed by atoms with Crippen molar-refractivity contribution < 1.29 is 4.79 Å². The molecule has 116 valence electrons. The summed E-state index contributed by atoms with van der Waals surface area (Å²) in [4.78, 5) is 24.3. The van der Waals surface area contributed by atoms with Gasteiger partial charge < -0.3 is 0 Å². The van der Waals surface area contributed by atoms with Gasteiger partial charge in [0.1, 0.15) is 12.1 Å². The number of benzene rings is 2. The highest BCUT2D eigenvalue weighted by atomic mass is 16.1. The smallest absolute Gasteiger partial charge is 0.278 e. The predicted molar refractivity (Wildman–Crippen MR) is 88.2 cm³/mol. The summed E-state index contributed by atoms with van der Waals surface area (Å²) in [6.45, 7) is -0.0224. The van der Waals surface area contributed by atoms with E-state index in [0.29, 0.717) is 17.3 Å². The summed E-state index contributed by atoms with van der Waals surface area (Å²) in [5.41, 5.74) is 1.49. The van der Waals surface area contributed by atoms with Gasteiger partial charge in [0.25, 0.3) is 5.56 Å². The van der Waals surface area contributed by atoms with Crippen LogP contribution in [0, 0.1) is 0 Å². The second-order valence-corrected chi connectivity index (χ2v) is 5.45. The van der Waals surface area contributed by atoms with Crippen LogP contribution < -0.4 is 5.56 Å². The van der Waals surface area contributed by atoms with Crippen LogP contribution in [0.25, 0.3) is 10.9 Å². The van der Waals surface area contributed by atoms with Crippen molar-refractivity contribution in [2.45, 2.75) is 25.8 Å². The van der Waals surface area contributed by atoms with Gasteiger partial charge in [0.15, 0.2) is 5.78 Å². The summed E-state index contributed by atoms with van der Waals surface area (Å²) in [5.74, 6) is -0.00684. The van der Waals surface area contributed by atoms with E-state index in [2.05, 4.69) is 10.3 Å². The molecule has 3 aromatic rings. The number of Topliss-reactive ketones (excluding diaryl/α,β-unsaturated/α-hetero) is 1. The number of carbonyl (C=O) groups is 1. The van der Waals surface area contributed by atoms with Crippen LogP contribution >= 0.6 is 0 Å². The van der Waals surface area contributed by atoms with E-state index < -0.39 is 0 Å². The number of aromatic nitrogens is 3. The minimum atomic E-state index is -0.271. The fraction of sp³-hybridized carbons (Fsp3) is 0.222. The maximum atomic E-state index is 12.3. The highest BCUT2D eigenvalue weighted by Crippen LogP contribution is 2.06. The number of hydrogen-bond acceptors (Lipinski definition) is 4. The highest BCUT2D eigenvalue weighted by molar-refractivity contribution is 5.79. The van der Waals surface area contributed by atoms with E-state index in [1.807, 2.05) is 30.3 Å². The topological polar surface area (TPSA) is 64.8 Å². The monoisotopic (exact) mass is 307 g/mol. The first-order valence-electron chi connectivity index (χ1n) is 7.62. The van der Waals surface area contributed by atoms with Crippen LogP contribution in [0.2, 0.25) is 0 Å². The van der Waals surface area contributed by atoms with Gasteiger partial charge in [-0.15, -0.1) is 5.10 Å². The third-order valence-corrected chi connectivity index (χ3v) is 3.72. The van der Waals surface area contributed by atoms with Gasteiger partial charge in [0.05, 0.1) is 5.39 Å². The van der Waals surface area contributed by atoms with Crippen LogP contribution in [0.5, 0.6) is 0 Å². The molecule has 0 unspecified atom stereocenters. The standard InChI is InChI=1S/C18H17N3O2/c22-15(10-6-9-14-7-2-1-3-8-14)13-21-18(23)16-11-4-5-12-17(16)19-20-21/h1-5,7-8,11-12H,6,9-10,13H2. The lowest BCUT2D eigenvalue weighted by molar-refractivity contribution is -0.120. The van der Waals surface area contributed by atoms with Crippen molar-refractivity contribution in [2.24, 2.45) is 0 Å². The Balaban J connectivity index is 1.62. The SMILES string of the molecule is O=C(CCCc1ccccc1)Cn1nnc2ccccc2c1=O. The molecule has 0 bridgehead atoms. The van der Waals surface area contributed by atoms with E-state index in [9.17, 15) is 9.59 Å². The number of carbonyl (C=O) groups excluding carboxylic acids is 1. The van der Waals surface area contributed by atoms with E-state index in [1.165, 1.54) is 5.56 Å². The van der Waals surface area contributed by atoms with Crippen molar-refractivity contribution in [3.8, 4) is 0 Å². The van der Waals surface area contributed by atoms with Crippen molar-refractivity contribution in [3.63, 3.8) is 0 Å². The molecular weight excluding hydrogens is 290 g/mol. The molecule has 0 atom stereocenters. The van der Waals surface area contributed by atoms with Crippen LogP contribution in [0.1, 0.15) is 18.4 Å². The average molecular weight is 307 g/mol. The number of hydrogen-bond donors (Lipinski definition) is 0. The zero-order chi connectivity index (χ0) is 16.1. The van der Waals surface area contributed by atoms with Gasteiger partial charge in [-0.05, 0) is 30.5 Å². The molecule has 0 aliphatic carbocycles. The van der Waals surface area contributed by atoms with Gasteiger partial charge in [0, 0.05) is 6.42 Å². The van der Waals surface area contributed by atoms with Crippen LogP contribution in [0.4, 0.5) is 0 Å². The van der Waals surface area contributed by atoms with E-state index in [0.717, 1.165) is 17.5 Å². The summed E-state index contributed by atoms with van der Waals surface area (Å²) in [6, 6.07) is 17.0. The molecule has 0 saturated heterocycles. The Morgan fingerprint density at radius 2 is 1.74 bits per heavy atom. The summed E-state index contributed by atoms with van der Waals surface area (Å²) >= 11 is 0. The lowest BCUT2D eigenvalue weighted by Gasteiger charge is -2.04. The molecule has 0 amide bonds. The summed E-state index contributed by atoms with van der Waals surface area (Å²) in [6.07, 6.45) is 2.04. The largest absolute Gasteiger partial charge is 0.298 e. The van der Waals surface area contributed by atoms with Crippen molar-refractivity contribution in [3.05, 3.63) is 70.5 Å². The molecule has 1 aromatic heterocycles. The number of rotatable bonds is 6. The molecule has 0 fully saturated rings.